The van der Waals surface area contributed by atoms with Gasteiger partial charge in [-0.1, -0.05) is 32.9 Å². The van der Waals surface area contributed by atoms with Crippen LogP contribution in [0, 0.1) is 5.82 Å². The van der Waals surface area contributed by atoms with E-state index in [2.05, 4.69) is 33.0 Å². The molecule has 0 radical (unpaired) electrons. The Morgan fingerprint density at radius 3 is 2.25 bits per heavy atom. The Bertz CT molecular complexity index is 402. The second-order valence-corrected chi connectivity index (χ2v) is 8.12. The van der Waals surface area contributed by atoms with E-state index in [9.17, 15) is 9.50 Å². The van der Waals surface area contributed by atoms with E-state index in [1.54, 1.807) is 12.1 Å². The number of halogens is 1. The van der Waals surface area contributed by atoms with E-state index in [1.807, 2.05) is 18.7 Å². The van der Waals surface area contributed by atoms with Crippen molar-refractivity contribution >= 4 is 11.8 Å². The Balaban J connectivity index is 2.48. The average molecular weight is 299 g/mol. The van der Waals surface area contributed by atoms with Crippen LogP contribution in [0.5, 0.6) is 0 Å². The molecule has 1 rings (SSSR count). The Kier molecular flexibility index (Phi) is 6.49. The van der Waals surface area contributed by atoms with Gasteiger partial charge in [0.1, 0.15) is 5.82 Å². The fourth-order valence-corrected chi connectivity index (χ4v) is 2.76. The lowest BCUT2D eigenvalue weighted by Crippen LogP contribution is -2.40. The lowest BCUT2D eigenvalue weighted by molar-refractivity contribution is 0.132. The van der Waals surface area contributed by atoms with E-state index in [-0.39, 0.29) is 16.6 Å². The highest BCUT2D eigenvalue weighted by atomic mass is 32.2. The summed E-state index contributed by atoms with van der Waals surface area (Å²) in [7, 11) is 0. The van der Waals surface area contributed by atoms with Gasteiger partial charge in [0, 0.05) is 22.6 Å². The van der Waals surface area contributed by atoms with Crippen LogP contribution in [0.3, 0.4) is 0 Å². The minimum Gasteiger partial charge on any atom is -0.387 e. The van der Waals surface area contributed by atoms with Crippen LogP contribution in [-0.4, -0.2) is 27.7 Å². The van der Waals surface area contributed by atoms with Crippen molar-refractivity contribution in [2.75, 3.05) is 5.75 Å². The fraction of sp³-hybridized carbons (Fsp3) is 0.625. The van der Waals surface area contributed by atoms with Crippen LogP contribution in [0.15, 0.2) is 24.3 Å². The molecule has 3 unspecified atom stereocenters. The molecular weight excluding hydrogens is 273 g/mol. The number of thioether (sulfide) groups is 1. The molecule has 0 spiro atoms. The number of hydrogen-bond donors (Lipinski definition) is 2. The molecule has 2 N–H and O–H groups in total. The SMILES string of the molecule is CC(CSC(C)(C)C)NC(C)C(O)c1ccc(F)cc1. The van der Waals surface area contributed by atoms with E-state index in [1.165, 1.54) is 12.1 Å². The van der Waals surface area contributed by atoms with E-state index >= 15 is 0 Å². The number of aliphatic hydroxyl groups excluding tert-OH is 1. The van der Waals surface area contributed by atoms with Crippen LogP contribution in [0.1, 0.15) is 46.3 Å². The van der Waals surface area contributed by atoms with E-state index in [0.29, 0.717) is 6.04 Å². The first-order chi connectivity index (χ1) is 9.19. The third kappa shape index (κ3) is 6.25. The minimum absolute atomic E-state index is 0.0731. The molecule has 0 aliphatic rings. The van der Waals surface area contributed by atoms with Crippen LogP contribution in [0.4, 0.5) is 4.39 Å². The molecule has 3 atom stereocenters. The average Bonchev–Trinajstić information content (AvgIpc) is 2.35. The molecule has 20 heavy (non-hydrogen) atoms. The number of aliphatic hydroxyl groups is 1. The Morgan fingerprint density at radius 2 is 1.75 bits per heavy atom. The van der Waals surface area contributed by atoms with Crippen molar-refractivity contribution < 1.29 is 9.50 Å². The molecule has 0 aliphatic carbocycles. The molecule has 4 heteroatoms. The van der Waals surface area contributed by atoms with E-state index < -0.39 is 6.10 Å². The standard InChI is InChI=1S/C16H26FNOS/c1-11(10-20-16(3,4)5)18-12(2)15(19)13-6-8-14(17)9-7-13/h6-9,11-12,15,18-19H,10H2,1-5H3. The zero-order chi connectivity index (χ0) is 15.3. The van der Waals surface area contributed by atoms with Crippen molar-refractivity contribution in [2.24, 2.45) is 0 Å². The Morgan fingerprint density at radius 1 is 1.20 bits per heavy atom. The summed E-state index contributed by atoms with van der Waals surface area (Å²) in [4.78, 5) is 0. The molecule has 1 aromatic rings. The number of hydrogen-bond acceptors (Lipinski definition) is 3. The van der Waals surface area contributed by atoms with Crippen LogP contribution in [0.2, 0.25) is 0 Å². The summed E-state index contributed by atoms with van der Waals surface area (Å²) < 4.78 is 13.1. The van der Waals surface area contributed by atoms with Crippen LogP contribution in [-0.2, 0) is 0 Å². The van der Waals surface area contributed by atoms with Gasteiger partial charge in [0.05, 0.1) is 6.10 Å². The van der Waals surface area contributed by atoms with Gasteiger partial charge >= 0.3 is 0 Å². The van der Waals surface area contributed by atoms with Crippen LogP contribution in [0.25, 0.3) is 0 Å². The van der Waals surface area contributed by atoms with Gasteiger partial charge < -0.3 is 10.4 Å². The van der Waals surface area contributed by atoms with Crippen molar-refractivity contribution in [1.29, 1.82) is 0 Å². The first kappa shape index (κ1) is 17.5. The van der Waals surface area contributed by atoms with Gasteiger partial charge in [-0.15, -0.1) is 0 Å². The maximum absolute atomic E-state index is 12.9. The molecule has 0 bridgehead atoms. The Hall–Kier alpha value is -0.580. The van der Waals surface area contributed by atoms with Crippen molar-refractivity contribution in [3.8, 4) is 0 Å². The highest BCUT2D eigenvalue weighted by Crippen LogP contribution is 2.24. The summed E-state index contributed by atoms with van der Waals surface area (Å²) in [5.41, 5.74) is 0.738. The lowest BCUT2D eigenvalue weighted by atomic mass is 10.0. The van der Waals surface area contributed by atoms with Gasteiger partial charge in [-0.3, -0.25) is 0 Å². The van der Waals surface area contributed by atoms with E-state index in [4.69, 9.17) is 0 Å². The zero-order valence-electron chi connectivity index (χ0n) is 13.0. The molecule has 0 saturated carbocycles. The Labute approximate surface area is 126 Å². The molecule has 0 fully saturated rings. The number of benzene rings is 1. The fourth-order valence-electron chi connectivity index (χ4n) is 1.91. The highest BCUT2D eigenvalue weighted by molar-refractivity contribution is 8.00. The first-order valence-electron chi connectivity index (χ1n) is 7.02. The van der Waals surface area contributed by atoms with Gasteiger partial charge in [-0.2, -0.15) is 11.8 Å². The van der Waals surface area contributed by atoms with Crippen molar-refractivity contribution in [3.05, 3.63) is 35.6 Å². The molecule has 0 amide bonds. The topological polar surface area (TPSA) is 32.3 Å². The second kappa shape index (κ2) is 7.43. The smallest absolute Gasteiger partial charge is 0.123 e. The van der Waals surface area contributed by atoms with Gasteiger partial charge in [0.25, 0.3) is 0 Å². The zero-order valence-corrected chi connectivity index (χ0v) is 13.8. The predicted molar refractivity (Wildman–Crippen MR) is 85.6 cm³/mol. The van der Waals surface area contributed by atoms with Crippen LogP contribution >= 0.6 is 11.8 Å². The normalized spacial score (nSPS) is 16.8. The summed E-state index contributed by atoms with van der Waals surface area (Å²) in [6, 6.07) is 6.26. The molecule has 0 saturated heterocycles. The maximum Gasteiger partial charge on any atom is 0.123 e. The third-order valence-electron chi connectivity index (χ3n) is 3.00. The highest BCUT2D eigenvalue weighted by Gasteiger charge is 2.19. The summed E-state index contributed by atoms with van der Waals surface area (Å²) in [5.74, 6) is 0.709. The van der Waals surface area contributed by atoms with Crippen LogP contribution < -0.4 is 5.32 Å². The first-order valence-corrected chi connectivity index (χ1v) is 8.01. The van der Waals surface area contributed by atoms with Gasteiger partial charge in [0.2, 0.25) is 0 Å². The second-order valence-electron chi connectivity index (χ2n) is 6.28. The molecule has 0 aromatic heterocycles. The summed E-state index contributed by atoms with van der Waals surface area (Å²) >= 11 is 1.90. The predicted octanol–water partition coefficient (Wildman–Crippen LogP) is 3.76. The summed E-state index contributed by atoms with van der Waals surface area (Å²) in [6.45, 7) is 10.7. The maximum atomic E-state index is 12.9. The quantitative estimate of drug-likeness (QED) is 0.839. The van der Waals surface area contributed by atoms with Crippen molar-refractivity contribution in [3.63, 3.8) is 0 Å². The summed E-state index contributed by atoms with van der Waals surface area (Å²) in [6.07, 6.45) is -0.627. The van der Waals surface area contributed by atoms with Crippen molar-refractivity contribution in [2.45, 2.75) is 57.6 Å². The minimum atomic E-state index is -0.627. The van der Waals surface area contributed by atoms with E-state index in [0.717, 1.165) is 11.3 Å². The molecule has 114 valence electrons. The van der Waals surface area contributed by atoms with Gasteiger partial charge in [-0.05, 0) is 31.5 Å². The summed E-state index contributed by atoms with van der Waals surface area (Å²) in [5, 5.41) is 13.7. The molecule has 1 aromatic carbocycles. The van der Waals surface area contributed by atoms with Gasteiger partial charge in [-0.25, -0.2) is 4.39 Å². The molecule has 0 heterocycles. The number of nitrogens with one attached hydrogen (secondary N) is 1. The lowest BCUT2D eigenvalue weighted by Gasteiger charge is -2.26. The molecular formula is C16H26FNOS. The van der Waals surface area contributed by atoms with Gasteiger partial charge in [0.15, 0.2) is 0 Å². The monoisotopic (exact) mass is 299 g/mol. The molecule has 0 aliphatic heterocycles. The molecule has 2 nitrogen and oxygen atoms in total. The largest absolute Gasteiger partial charge is 0.387 e. The third-order valence-corrected chi connectivity index (χ3v) is 4.53. The number of rotatable bonds is 6. The van der Waals surface area contributed by atoms with Crippen molar-refractivity contribution in [1.82, 2.24) is 5.32 Å².